The van der Waals surface area contributed by atoms with Gasteiger partial charge in [-0.15, -0.1) is 0 Å². The summed E-state index contributed by atoms with van der Waals surface area (Å²) in [6.07, 6.45) is 2.65. The zero-order valence-electron chi connectivity index (χ0n) is 19.8. The highest BCUT2D eigenvalue weighted by molar-refractivity contribution is 8.25. The Morgan fingerprint density at radius 1 is 1.28 bits per heavy atom. The van der Waals surface area contributed by atoms with Gasteiger partial charge < -0.3 is 15.2 Å². The maximum atomic E-state index is 14.9. The van der Waals surface area contributed by atoms with Crippen molar-refractivity contribution in [2.45, 2.75) is 69.7 Å². The second kappa shape index (κ2) is 9.23. The maximum absolute atomic E-state index is 14.9. The summed E-state index contributed by atoms with van der Waals surface area (Å²) in [4.78, 5) is 13.1. The standard InChI is InChI=1S/C24H30F3N3O5S/c1-24(11-36(33,34)12-24)28-22(32)13-5-7-15-19(9-13)30(18-3-2-4-20(18)31)29-21(15)16-10-14(35-23(26)27)6-8-17(16)25/h6,8,10,13,18,20,23,31,33-34H,2-5,7,9,11-12H2,1H3,(H,28,32)/t13-,18?,20?/m1/s1. The van der Waals surface area contributed by atoms with E-state index in [0.29, 0.717) is 37.8 Å². The van der Waals surface area contributed by atoms with Crippen LogP contribution in [0.5, 0.6) is 5.75 Å². The number of rotatable bonds is 6. The van der Waals surface area contributed by atoms with Crippen molar-refractivity contribution in [3.05, 3.63) is 35.3 Å². The molecule has 2 fully saturated rings. The molecule has 8 nitrogen and oxygen atoms in total. The fourth-order valence-electron chi connectivity index (χ4n) is 5.87. The van der Waals surface area contributed by atoms with Crippen LogP contribution in [0.3, 0.4) is 0 Å². The summed E-state index contributed by atoms with van der Waals surface area (Å²) < 4.78 is 66.1. The van der Waals surface area contributed by atoms with Crippen molar-refractivity contribution in [3.8, 4) is 17.0 Å². The molecule has 1 saturated heterocycles. The first kappa shape index (κ1) is 25.4. The van der Waals surface area contributed by atoms with E-state index in [2.05, 4.69) is 15.2 Å². The first-order chi connectivity index (χ1) is 16.9. The Hall–Kier alpha value is -2.28. The highest BCUT2D eigenvalue weighted by Gasteiger charge is 2.47. The number of ether oxygens (including phenoxy) is 1. The fraction of sp³-hybridized carbons (Fsp3) is 0.583. The Morgan fingerprint density at radius 3 is 2.67 bits per heavy atom. The number of nitrogens with zero attached hydrogens (tertiary/aromatic N) is 2. The summed E-state index contributed by atoms with van der Waals surface area (Å²) >= 11 is 0. The van der Waals surface area contributed by atoms with Crippen molar-refractivity contribution in [2.75, 3.05) is 11.5 Å². The van der Waals surface area contributed by atoms with Crippen LogP contribution in [0.2, 0.25) is 0 Å². The quantitative estimate of drug-likeness (QED) is 0.447. The molecule has 1 saturated carbocycles. The second-order valence-corrected chi connectivity index (χ2v) is 12.6. The number of aromatic nitrogens is 2. The molecule has 1 aliphatic heterocycles. The first-order valence-electron chi connectivity index (χ1n) is 12.0. The third-order valence-electron chi connectivity index (χ3n) is 7.37. The molecular weight excluding hydrogens is 499 g/mol. The predicted molar refractivity (Wildman–Crippen MR) is 128 cm³/mol. The molecule has 5 rings (SSSR count). The Bertz CT molecular complexity index is 1170. The fourth-order valence-corrected chi connectivity index (χ4v) is 7.97. The Balaban J connectivity index is 1.47. The maximum Gasteiger partial charge on any atom is 0.387 e. The molecule has 2 unspecified atom stereocenters. The van der Waals surface area contributed by atoms with Gasteiger partial charge in [-0.3, -0.25) is 18.6 Å². The van der Waals surface area contributed by atoms with Gasteiger partial charge in [0.2, 0.25) is 5.91 Å². The SMILES string of the molecule is CC1(NC(=O)[C@@H]2CCc3c(-c4cc(OC(F)F)ccc4F)nn(C4CCCC4O)c3C2)CS(O)(O)C1. The van der Waals surface area contributed by atoms with Crippen LogP contribution in [-0.2, 0) is 17.6 Å². The number of amides is 1. The van der Waals surface area contributed by atoms with E-state index in [-0.39, 0.29) is 34.8 Å². The molecule has 12 heteroatoms. The zero-order chi connectivity index (χ0) is 25.8. The largest absolute Gasteiger partial charge is 0.435 e. The van der Waals surface area contributed by atoms with Gasteiger partial charge in [0.15, 0.2) is 0 Å². The van der Waals surface area contributed by atoms with E-state index in [1.807, 2.05) is 0 Å². The molecule has 0 bridgehead atoms. The summed E-state index contributed by atoms with van der Waals surface area (Å²) in [7, 11) is -2.63. The van der Waals surface area contributed by atoms with Crippen LogP contribution < -0.4 is 10.1 Å². The number of nitrogens with one attached hydrogen (secondary N) is 1. The number of carbonyl (C=O) groups is 1. The molecular formula is C24H30F3N3O5S. The number of hydrogen-bond acceptors (Lipinski definition) is 6. The van der Waals surface area contributed by atoms with E-state index in [9.17, 15) is 32.2 Å². The van der Waals surface area contributed by atoms with Gasteiger partial charge in [0.25, 0.3) is 0 Å². The van der Waals surface area contributed by atoms with E-state index < -0.39 is 40.6 Å². The van der Waals surface area contributed by atoms with Crippen LogP contribution in [-0.4, -0.2) is 59.7 Å². The summed E-state index contributed by atoms with van der Waals surface area (Å²) in [6, 6.07) is 3.07. The molecule has 1 aromatic carbocycles. The lowest BCUT2D eigenvalue weighted by molar-refractivity contribution is -0.126. The molecule has 198 valence electrons. The molecule has 1 aromatic heterocycles. The number of alkyl halides is 2. The number of aliphatic hydroxyl groups is 1. The van der Waals surface area contributed by atoms with Crippen LogP contribution in [0, 0.1) is 11.7 Å². The second-order valence-electron chi connectivity index (χ2n) is 10.4. The van der Waals surface area contributed by atoms with Gasteiger partial charge in [-0.05, 0) is 57.2 Å². The lowest BCUT2D eigenvalue weighted by Crippen LogP contribution is -2.62. The van der Waals surface area contributed by atoms with Gasteiger partial charge in [-0.2, -0.15) is 24.5 Å². The van der Waals surface area contributed by atoms with E-state index in [1.54, 1.807) is 11.6 Å². The Morgan fingerprint density at radius 2 is 2.03 bits per heavy atom. The predicted octanol–water partition coefficient (Wildman–Crippen LogP) is 4.12. The highest BCUT2D eigenvalue weighted by atomic mass is 32.3. The van der Waals surface area contributed by atoms with Gasteiger partial charge in [0.1, 0.15) is 11.6 Å². The smallest absolute Gasteiger partial charge is 0.387 e. The molecule has 0 spiro atoms. The van der Waals surface area contributed by atoms with Crippen molar-refractivity contribution >= 4 is 16.5 Å². The first-order valence-corrected chi connectivity index (χ1v) is 13.9. The molecule has 2 aliphatic carbocycles. The van der Waals surface area contributed by atoms with Crippen molar-refractivity contribution in [1.29, 1.82) is 0 Å². The average molecular weight is 530 g/mol. The minimum atomic E-state index is -3.05. The average Bonchev–Trinajstić information content (AvgIpc) is 3.35. The Labute approximate surface area is 208 Å². The number of fused-ring (bicyclic) bond motifs is 1. The van der Waals surface area contributed by atoms with Crippen LogP contribution in [0.25, 0.3) is 11.3 Å². The topological polar surface area (TPSA) is 117 Å². The molecule has 2 heterocycles. The van der Waals surface area contributed by atoms with Crippen LogP contribution in [0.4, 0.5) is 13.2 Å². The highest BCUT2D eigenvalue weighted by Crippen LogP contribution is 2.54. The van der Waals surface area contributed by atoms with Crippen LogP contribution in [0.15, 0.2) is 18.2 Å². The number of hydrogen-bond donors (Lipinski definition) is 4. The summed E-state index contributed by atoms with van der Waals surface area (Å²) in [6.45, 7) is -1.27. The van der Waals surface area contributed by atoms with Gasteiger partial charge in [0, 0.05) is 29.2 Å². The molecule has 36 heavy (non-hydrogen) atoms. The minimum absolute atomic E-state index is 0.0331. The van der Waals surface area contributed by atoms with Crippen molar-refractivity contribution in [3.63, 3.8) is 0 Å². The molecule has 0 radical (unpaired) electrons. The third kappa shape index (κ3) is 4.83. The molecule has 3 atom stereocenters. The number of halogens is 3. The van der Waals surface area contributed by atoms with Gasteiger partial charge in [-0.25, -0.2) is 4.39 Å². The van der Waals surface area contributed by atoms with Gasteiger partial charge in [-0.1, -0.05) is 0 Å². The van der Waals surface area contributed by atoms with Crippen molar-refractivity contribution in [2.24, 2.45) is 5.92 Å². The van der Waals surface area contributed by atoms with Gasteiger partial charge in [0.05, 0.1) is 34.9 Å². The van der Waals surface area contributed by atoms with E-state index in [0.717, 1.165) is 29.8 Å². The lowest BCUT2D eigenvalue weighted by Gasteiger charge is -2.54. The number of benzene rings is 1. The zero-order valence-corrected chi connectivity index (χ0v) is 20.6. The number of carbonyl (C=O) groups excluding carboxylic acids is 1. The van der Waals surface area contributed by atoms with E-state index in [1.165, 1.54) is 6.07 Å². The van der Waals surface area contributed by atoms with Crippen molar-refractivity contribution in [1.82, 2.24) is 15.1 Å². The lowest BCUT2D eigenvalue weighted by atomic mass is 9.84. The third-order valence-corrected chi connectivity index (χ3v) is 9.57. The summed E-state index contributed by atoms with van der Waals surface area (Å²) in [5.74, 6) is -1.17. The molecule has 3 aliphatic rings. The van der Waals surface area contributed by atoms with Crippen LogP contribution in [0.1, 0.15) is 49.9 Å². The Kier molecular flexibility index (Phi) is 6.51. The monoisotopic (exact) mass is 529 g/mol. The molecule has 1 amide bonds. The van der Waals surface area contributed by atoms with Crippen LogP contribution >= 0.6 is 10.6 Å². The van der Waals surface area contributed by atoms with Crippen molar-refractivity contribution < 1.29 is 36.9 Å². The molecule has 2 aromatic rings. The normalized spacial score (nSPS) is 27.3. The summed E-state index contributed by atoms with van der Waals surface area (Å²) in [5, 5.41) is 18.2. The minimum Gasteiger partial charge on any atom is -0.435 e. The number of aliphatic hydroxyl groups excluding tert-OH is 1. The molecule has 4 N–H and O–H groups in total. The van der Waals surface area contributed by atoms with E-state index in [4.69, 9.17) is 0 Å². The van der Waals surface area contributed by atoms with E-state index >= 15 is 0 Å². The van der Waals surface area contributed by atoms with Gasteiger partial charge >= 0.3 is 6.61 Å². The summed E-state index contributed by atoms with van der Waals surface area (Å²) in [5.41, 5.74) is 1.13.